The number of ether oxygens (including phenoxy) is 3. The molecule has 0 radical (unpaired) electrons. The second-order valence-corrected chi connectivity index (χ2v) is 17.0. The van der Waals surface area contributed by atoms with Gasteiger partial charge in [-0.15, -0.1) is 0 Å². The minimum atomic E-state index is -1.01. The van der Waals surface area contributed by atoms with E-state index >= 15 is 0 Å². The van der Waals surface area contributed by atoms with Crippen molar-refractivity contribution in [2.24, 2.45) is 24.8 Å². The fraction of sp³-hybridized carbons (Fsp3) is 0.500. The van der Waals surface area contributed by atoms with Gasteiger partial charge in [-0.25, -0.2) is 4.79 Å². The Bertz CT molecular complexity index is 2270. The van der Waals surface area contributed by atoms with Crippen molar-refractivity contribution in [3.63, 3.8) is 0 Å². The number of benzene rings is 2. The van der Waals surface area contributed by atoms with Crippen LogP contribution in [0.5, 0.6) is 17.2 Å². The van der Waals surface area contributed by atoms with Crippen LogP contribution in [0.25, 0.3) is 11.1 Å². The lowest BCUT2D eigenvalue weighted by molar-refractivity contribution is -0.136. The van der Waals surface area contributed by atoms with Crippen molar-refractivity contribution in [1.82, 2.24) is 34.8 Å². The number of fused-ring (bicyclic) bond motifs is 3. The number of carbonyl (C=O) groups is 5. The number of pyridine rings is 1. The molecule has 3 unspecified atom stereocenters. The second kappa shape index (κ2) is 16.7. The van der Waals surface area contributed by atoms with E-state index in [4.69, 9.17) is 14.2 Å². The summed E-state index contributed by atoms with van der Waals surface area (Å²) in [7, 11) is 9.02. The zero-order valence-corrected chi connectivity index (χ0v) is 34.9. The second-order valence-electron chi connectivity index (χ2n) is 17.0. The minimum absolute atomic E-state index is 0.0660. The molecule has 3 fully saturated rings. The van der Waals surface area contributed by atoms with Crippen LogP contribution in [0.1, 0.15) is 63.1 Å². The number of nitrogens with one attached hydrogen (secondary N) is 2. The van der Waals surface area contributed by atoms with Crippen molar-refractivity contribution in [2.75, 3.05) is 67.6 Å². The average Bonchev–Trinajstić information content (AvgIpc) is 3.87. The summed E-state index contributed by atoms with van der Waals surface area (Å²) in [6.07, 6.45) is 4.65. The Hall–Kier alpha value is -5.74. The number of imide groups is 2. The highest BCUT2D eigenvalue weighted by molar-refractivity contribution is 6.23. The van der Waals surface area contributed by atoms with Gasteiger partial charge in [-0.1, -0.05) is 0 Å². The van der Waals surface area contributed by atoms with E-state index in [2.05, 4.69) is 20.4 Å². The number of urea groups is 1. The number of likely N-dealkylation sites (tertiary alicyclic amines) is 1. The number of aromatic nitrogens is 1. The Morgan fingerprint density at radius 2 is 1.60 bits per heavy atom. The topological polar surface area (TPSA) is 172 Å². The first-order chi connectivity index (χ1) is 28.8. The first kappa shape index (κ1) is 41.0. The van der Waals surface area contributed by atoms with Crippen LogP contribution in [0.15, 0.2) is 41.3 Å². The van der Waals surface area contributed by atoms with E-state index in [1.54, 1.807) is 48.9 Å². The molecule has 3 atom stereocenters. The average molecular weight is 824 g/mol. The molecule has 3 aromatic rings. The number of methoxy groups -OCH3 is 2. The zero-order valence-electron chi connectivity index (χ0n) is 34.9. The summed E-state index contributed by atoms with van der Waals surface area (Å²) in [5, 5.41) is 5.40. The molecule has 60 heavy (non-hydrogen) atoms. The van der Waals surface area contributed by atoms with Gasteiger partial charge in [0.1, 0.15) is 29.9 Å². The minimum Gasteiger partial charge on any atom is -0.496 e. The van der Waals surface area contributed by atoms with Gasteiger partial charge in [-0.3, -0.25) is 39.1 Å². The lowest BCUT2D eigenvalue weighted by Crippen LogP contribution is -2.54. The molecule has 2 saturated heterocycles. The maximum atomic E-state index is 13.5. The van der Waals surface area contributed by atoms with Gasteiger partial charge >= 0.3 is 6.03 Å². The van der Waals surface area contributed by atoms with E-state index in [1.807, 2.05) is 32.4 Å². The molecule has 1 aliphatic carbocycles. The molecule has 1 saturated carbocycles. The highest BCUT2D eigenvalue weighted by Gasteiger charge is 2.45. The molecule has 4 aliphatic heterocycles. The predicted molar refractivity (Wildman–Crippen MR) is 220 cm³/mol. The molecular formula is C44H53N7O9. The molecule has 0 bridgehead atoms. The molecule has 0 spiro atoms. The van der Waals surface area contributed by atoms with Crippen LogP contribution >= 0.6 is 0 Å². The normalized spacial score (nSPS) is 22.5. The molecule has 318 valence electrons. The third-order valence-electron chi connectivity index (χ3n) is 12.8. The van der Waals surface area contributed by atoms with Crippen molar-refractivity contribution in [2.45, 2.75) is 51.2 Å². The van der Waals surface area contributed by atoms with Crippen LogP contribution < -0.4 is 30.4 Å². The van der Waals surface area contributed by atoms with Crippen molar-refractivity contribution in [3.8, 4) is 28.4 Å². The summed E-state index contributed by atoms with van der Waals surface area (Å²) in [4.78, 5) is 84.3. The number of rotatable bonds is 12. The van der Waals surface area contributed by atoms with Crippen molar-refractivity contribution in [1.29, 1.82) is 0 Å². The molecular weight excluding hydrogens is 771 g/mol. The molecule has 2 aromatic carbocycles. The largest absolute Gasteiger partial charge is 0.496 e. The first-order valence-corrected chi connectivity index (χ1v) is 20.7. The first-order valence-electron chi connectivity index (χ1n) is 20.7. The molecule has 8 rings (SSSR count). The van der Waals surface area contributed by atoms with Crippen LogP contribution in [0.4, 0.5) is 4.79 Å². The molecule has 16 heteroatoms. The van der Waals surface area contributed by atoms with Crippen molar-refractivity contribution >= 4 is 29.7 Å². The molecule has 6 amide bonds. The van der Waals surface area contributed by atoms with Gasteiger partial charge in [0, 0.05) is 70.1 Å². The van der Waals surface area contributed by atoms with Crippen LogP contribution in [-0.2, 0) is 36.1 Å². The van der Waals surface area contributed by atoms with Crippen molar-refractivity contribution in [3.05, 3.63) is 74.7 Å². The fourth-order valence-electron chi connectivity index (χ4n) is 9.88. The quantitative estimate of drug-likeness (QED) is 0.258. The van der Waals surface area contributed by atoms with Crippen LogP contribution in [0, 0.1) is 17.8 Å². The Balaban J connectivity index is 0.814. The molecule has 2 N–H and O–H groups in total. The lowest BCUT2D eigenvalue weighted by atomic mass is 9.91. The van der Waals surface area contributed by atoms with E-state index in [9.17, 15) is 28.8 Å². The van der Waals surface area contributed by atoms with Gasteiger partial charge in [0.05, 0.1) is 37.5 Å². The van der Waals surface area contributed by atoms with E-state index in [0.29, 0.717) is 79.8 Å². The van der Waals surface area contributed by atoms with Gasteiger partial charge in [0.2, 0.25) is 11.8 Å². The van der Waals surface area contributed by atoms with Gasteiger partial charge in [0.25, 0.3) is 17.4 Å². The van der Waals surface area contributed by atoms with Gasteiger partial charge < -0.3 is 33.9 Å². The number of hydrogen-bond acceptors (Lipinski definition) is 11. The van der Waals surface area contributed by atoms with E-state index in [-0.39, 0.29) is 42.1 Å². The van der Waals surface area contributed by atoms with E-state index in [0.717, 1.165) is 53.1 Å². The Morgan fingerprint density at radius 1 is 0.900 bits per heavy atom. The molecule has 16 nitrogen and oxygen atoms in total. The summed E-state index contributed by atoms with van der Waals surface area (Å²) in [5.74, 6) is 1.19. The highest BCUT2D eigenvalue weighted by Crippen LogP contribution is 2.42. The number of carbonyl (C=O) groups excluding carboxylic acids is 5. The van der Waals surface area contributed by atoms with Crippen LogP contribution in [0.3, 0.4) is 0 Å². The molecule has 1 aromatic heterocycles. The Kier molecular flexibility index (Phi) is 11.4. The summed E-state index contributed by atoms with van der Waals surface area (Å²) in [6, 6.07) is 7.61. The fourth-order valence-corrected chi connectivity index (χ4v) is 9.88. The number of nitrogens with zero attached hydrogens (tertiary/aromatic N) is 5. The standard InChI is InChI=1S/C44H53N7O9/c1-47(2)22-35-37(58-4)16-26(17-38(35)59-5)33-23-48(3)41(54)34-24-50(11-10-30(33)34)44(57)45-19-25-14-27-20-49(21-28(27)15-25)12-13-60-29-6-7-31-32(18-29)43(56)51(42(31)55)36-8-9-39(52)46-40(36)53/h6-7,16-18,23,25,27-28,36H,8-15,19-22,24H2,1-5H3,(H,45,57)(H,46,52,53). The number of hydrogen-bond donors (Lipinski definition) is 2. The summed E-state index contributed by atoms with van der Waals surface area (Å²) in [5.41, 5.74) is 4.65. The van der Waals surface area contributed by atoms with Gasteiger partial charge in [0.15, 0.2) is 0 Å². The maximum absolute atomic E-state index is 13.5. The van der Waals surface area contributed by atoms with E-state index in [1.165, 1.54) is 0 Å². The molecule has 5 aliphatic rings. The number of piperidine rings is 1. The lowest BCUT2D eigenvalue weighted by Gasteiger charge is -2.31. The monoisotopic (exact) mass is 823 g/mol. The van der Waals surface area contributed by atoms with Crippen LogP contribution in [0.2, 0.25) is 0 Å². The number of aryl methyl sites for hydroxylation is 1. The maximum Gasteiger partial charge on any atom is 0.317 e. The highest BCUT2D eigenvalue weighted by atomic mass is 16.5. The van der Waals surface area contributed by atoms with Crippen LogP contribution in [-0.4, -0.2) is 128 Å². The summed E-state index contributed by atoms with van der Waals surface area (Å²) < 4.78 is 19.2. The van der Waals surface area contributed by atoms with Gasteiger partial charge in [-0.2, -0.15) is 0 Å². The summed E-state index contributed by atoms with van der Waals surface area (Å²) >= 11 is 0. The third kappa shape index (κ3) is 7.85. The SMILES string of the molecule is COc1cc(-c2cn(C)c(=O)c3c2CCN(C(=O)NCC2CC4CN(CCOc5ccc6c(c5)C(=O)N(C5CCC(=O)NC5=O)C6=O)CC4C2)C3)cc(OC)c1CN(C)C. The third-order valence-corrected chi connectivity index (χ3v) is 12.8. The van der Waals surface area contributed by atoms with Gasteiger partial charge in [-0.05, 0) is 99.0 Å². The van der Waals surface area contributed by atoms with Crippen molar-refractivity contribution < 1.29 is 38.2 Å². The Morgan fingerprint density at radius 3 is 2.27 bits per heavy atom. The summed E-state index contributed by atoms with van der Waals surface area (Å²) in [6.45, 7) is 4.98. The molecule has 5 heterocycles. The zero-order chi connectivity index (χ0) is 42.4. The predicted octanol–water partition coefficient (Wildman–Crippen LogP) is 2.64. The van der Waals surface area contributed by atoms with E-state index < -0.39 is 29.7 Å². The smallest absolute Gasteiger partial charge is 0.317 e. The number of amides is 6. The Labute approximate surface area is 348 Å².